The van der Waals surface area contributed by atoms with Crippen molar-refractivity contribution >= 4 is 40.4 Å². The normalized spacial score (nSPS) is 35.2. The van der Waals surface area contributed by atoms with E-state index in [0.29, 0.717) is 0 Å². The Morgan fingerprint density at radius 3 is 2.42 bits per heavy atom. The van der Waals surface area contributed by atoms with E-state index in [1.165, 1.54) is 6.92 Å². The molecular weight excluding hydrogens is 518 g/mol. The molecule has 0 spiro atoms. The smallest absolute Gasteiger partial charge is 0.382 e. The van der Waals surface area contributed by atoms with Crippen molar-refractivity contribution in [1.82, 2.24) is 19.5 Å². The molecule has 1 aliphatic heterocycles. The summed E-state index contributed by atoms with van der Waals surface area (Å²) in [5.74, 6) is 0.00627. The van der Waals surface area contributed by atoms with E-state index >= 15 is 4.39 Å². The first-order valence-electron chi connectivity index (χ1n) is 8.86. The maximum absolute atomic E-state index is 15.4. The Morgan fingerprint density at radius 1 is 1.18 bits per heavy atom. The summed E-state index contributed by atoms with van der Waals surface area (Å²) in [6.07, 6.45) is -3.60. The zero-order valence-corrected chi connectivity index (χ0v) is 19.0. The van der Waals surface area contributed by atoms with Gasteiger partial charge in [0, 0.05) is 0 Å². The lowest BCUT2D eigenvalue weighted by Crippen LogP contribution is -2.34. The van der Waals surface area contributed by atoms with Crippen molar-refractivity contribution in [3.05, 3.63) is 12.7 Å². The lowest BCUT2D eigenvalue weighted by Gasteiger charge is -2.24. The molecule has 0 radical (unpaired) electrons. The number of nitrogens with two attached hydrogens (primary N) is 1. The van der Waals surface area contributed by atoms with Crippen molar-refractivity contribution in [1.29, 1.82) is 0 Å². The molecule has 1 aliphatic carbocycles. The van der Waals surface area contributed by atoms with Crippen molar-refractivity contribution in [2.75, 3.05) is 5.73 Å². The Balaban J connectivity index is 1.57. The molecule has 0 amide bonds. The molecule has 3 heterocycles. The Morgan fingerprint density at radius 2 is 1.85 bits per heavy atom. The Labute approximate surface area is 182 Å². The Hall–Kier alpha value is -1.39. The van der Waals surface area contributed by atoms with E-state index in [4.69, 9.17) is 20.3 Å². The van der Waals surface area contributed by atoms with E-state index in [1.807, 2.05) is 0 Å². The molecule has 1 saturated heterocycles. The van der Waals surface area contributed by atoms with Crippen LogP contribution in [0.15, 0.2) is 12.7 Å². The lowest BCUT2D eigenvalue weighted by molar-refractivity contribution is -0.0890. The molecule has 17 nitrogen and oxygen atoms in total. The fourth-order valence-corrected chi connectivity index (χ4v) is 7.17. The number of phosphoric acid groups is 3. The van der Waals surface area contributed by atoms with Crippen LogP contribution in [0.1, 0.15) is 19.6 Å². The highest BCUT2D eigenvalue weighted by Gasteiger charge is 2.89. The number of nitrogen functional groups attached to an aromatic ring is 1. The Bertz CT molecular complexity index is 1250. The highest BCUT2D eigenvalue weighted by atomic mass is 31.3. The SMILES string of the molecule is CC[C@]12O[C@@H](n3cnc4c(N)ncnc43)[C@H](F)[C@@]1(O)C2OP(=O)(O)OP(=O)(O)OP(=O)(O)O. The minimum absolute atomic E-state index is 0.00627. The zero-order chi connectivity index (χ0) is 24.6. The van der Waals surface area contributed by atoms with Crippen molar-refractivity contribution in [2.45, 2.75) is 43.1 Å². The molecule has 1 saturated carbocycles. The quantitative estimate of drug-likeness (QED) is 0.241. The second kappa shape index (κ2) is 7.55. The van der Waals surface area contributed by atoms with Gasteiger partial charge >= 0.3 is 23.5 Å². The summed E-state index contributed by atoms with van der Waals surface area (Å²) in [5, 5.41) is 10.9. The van der Waals surface area contributed by atoms with Crippen LogP contribution in [0.2, 0.25) is 0 Å². The van der Waals surface area contributed by atoms with Crippen molar-refractivity contribution in [2.24, 2.45) is 0 Å². The van der Waals surface area contributed by atoms with Gasteiger partial charge in [-0.3, -0.25) is 9.09 Å². The van der Waals surface area contributed by atoms with E-state index in [2.05, 4.69) is 28.1 Å². The number of alkyl halides is 1. The van der Waals surface area contributed by atoms with E-state index in [1.54, 1.807) is 0 Å². The number of rotatable bonds is 8. The van der Waals surface area contributed by atoms with Gasteiger partial charge in [0.2, 0.25) is 0 Å². The number of halogens is 1. The van der Waals surface area contributed by atoms with Crippen LogP contribution in [0, 0.1) is 0 Å². The average molecular weight is 535 g/mol. The topological polar surface area (TPSA) is 259 Å². The van der Waals surface area contributed by atoms with E-state index < -0.39 is 53.2 Å². The van der Waals surface area contributed by atoms with Gasteiger partial charge in [-0.1, -0.05) is 6.92 Å². The maximum atomic E-state index is 15.4. The lowest BCUT2D eigenvalue weighted by atomic mass is 10.1. The van der Waals surface area contributed by atoms with Gasteiger partial charge in [-0.25, -0.2) is 33.0 Å². The van der Waals surface area contributed by atoms with Gasteiger partial charge in [0.1, 0.15) is 23.5 Å². The van der Waals surface area contributed by atoms with E-state index in [9.17, 15) is 28.6 Å². The maximum Gasteiger partial charge on any atom is 0.490 e. The molecule has 184 valence electrons. The number of aliphatic hydroxyl groups is 1. The molecule has 0 bridgehead atoms. The van der Waals surface area contributed by atoms with Crippen LogP contribution in [0.3, 0.4) is 0 Å². The summed E-state index contributed by atoms with van der Waals surface area (Å²) < 4.78 is 68.4. The number of aromatic nitrogens is 4. The van der Waals surface area contributed by atoms with Crippen LogP contribution >= 0.6 is 23.5 Å². The first kappa shape index (κ1) is 24.7. The van der Waals surface area contributed by atoms with Crippen LogP contribution in [-0.2, 0) is 31.6 Å². The van der Waals surface area contributed by atoms with E-state index in [-0.39, 0.29) is 23.4 Å². The number of ether oxygens (including phenoxy) is 1. The highest BCUT2D eigenvalue weighted by Crippen LogP contribution is 2.73. The fraction of sp³-hybridized carbons (Fsp3) is 0.583. The molecule has 7 N–H and O–H groups in total. The summed E-state index contributed by atoms with van der Waals surface area (Å²) in [6.45, 7) is 1.44. The van der Waals surface area contributed by atoms with Gasteiger partial charge < -0.3 is 35.2 Å². The third-order valence-corrected chi connectivity index (χ3v) is 9.07. The summed E-state index contributed by atoms with van der Waals surface area (Å²) in [6, 6.07) is 0. The van der Waals surface area contributed by atoms with Gasteiger partial charge in [0.15, 0.2) is 29.5 Å². The van der Waals surface area contributed by atoms with Gasteiger partial charge in [0.25, 0.3) is 0 Å². The highest BCUT2D eigenvalue weighted by molar-refractivity contribution is 7.66. The largest absolute Gasteiger partial charge is 0.490 e. The molecule has 0 aromatic carbocycles. The zero-order valence-electron chi connectivity index (χ0n) is 16.3. The standard InChI is InChI=1S/C12H17FN5O12P3/c1-2-11-10(28-32(23,24)30-33(25,26)29-31(20,21)22)12(11,19)6(13)9(27-11)18-4-17-5-7(14)15-3-16-8(5)18/h3-4,6,9-10,19H,2H2,1H3,(H,23,24)(H,25,26)(H2,14,15,16)(H2,20,21,22)/t6-,9+,10?,11+,12+/m0/s1. The number of phosphoric ester groups is 1. The second-order valence-electron chi connectivity index (χ2n) is 7.14. The van der Waals surface area contributed by atoms with Crippen molar-refractivity contribution in [3.8, 4) is 0 Å². The number of nitrogens with zero attached hydrogens (tertiary/aromatic N) is 4. The summed E-state index contributed by atoms with van der Waals surface area (Å²) >= 11 is 0. The molecule has 2 fully saturated rings. The van der Waals surface area contributed by atoms with Crippen LogP contribution < -0.4 is 5.73 Å². The number of hydrogen-bond donors (Lipinski definition) is 6. The molecule has 21 heteroatoms. The van der Waals surface area contributed by atoms with Gasteiger partial charge in [-0.05, 0) is 6.42 Å². The molecule has 2 aromatic rings. The second-order valence-corrected chi connectivity index (χ2v) is 11.5. The van der Waals surface area contributed by atoms with Crippen LogP contribution in [0.5, 0.6) is 0 Å². The average Bonchev–Trinajstić information content (AvgIpc) is 2.94. The van der Waals surface area contributed by atoms with Crippen molar-refractivity contribution in [3.63, 3.8) is 0 Å². The molecule has 3 unspecified atom stereocenters. The van der Waals surface area contributed by atoms with Crippen LogP contribution in [0.25, 0.3) is 11.2 Å². The fourth-order valence-electron chi connectivity index (χ4n) is 3.91. The summed E-state index contributed by atoms with van der Waals surface area (Å²) in [5.41, 5.74) is 1.48. The summed E-state index contributed by atoms with van der Waals surface area (Å²) in [4.78, 5) is 47.8. The first-order valence-corrected chi connectivity index (χ1v) is 13.4. The van der Waals surface area contributed by atoms with Gasteiger partial charge in [0.05, 0.1) is 6.33 Å². The predicted molar refractivity (Wildman–Crippen MR) is 101 cm³/mol. The minimum Gasteiger partial charge on any atom is -0.382 e. The molecule has 7 atom stereocenters. The van der Waals surface area contributed by atoms with Crippen molar-refractivity contribution < 1.29 is 60.6 Å². The molecule has 4 rings (SSSR count). The molecule has 33 heavy (non-hydrogen) atoms. The molecule has 2 aromatic heterocycles. The summed E-state index contributed by atoms with van der Waals surface area (Å²) in [7, 11) is -17.0. The third-order valence-electron chi connectivity index (χ3n) is 5.26. The number of hydrogen-bond acceptors (Lipinski definition) is 12. The predicted octanol–water partition coefficient (Wildman–Crippen LogP) is -0.119. The third kappa shape index (κ3) is 3.95. The van der Waals surface area contributed by atoms with Gasteiger partial charge in [-0.15, -0.1) is 0 Å². The minimum atomic E-state index is -5.80. The van der Waals surface area contributed by atoms with E-state index in [0.717, 1.165) is 17.2 Å². The van der Waals surface area contributed by atoms with Crippen LogP contribution in [0.4, 0.5) is 10.2 Å². The Kier molecular flexibility index (Phi) is 5.66. The van der Waals surface area contributed by atoms with Crippen LogP contribution in [-0.4, -0.2) is 67.7 Å². The molecular formula is C12H17FN5O12P3. The number of imidazole rings is 1. The van der Waals surface area contributed by atoms with Gasteiger partial charge in [-0.2, -0.15) is 8.62 Å². The molecule has 2 aliphatic rings. The first-order chi connectivity index (χ1) is 15.1. The monoisotopic (exact) mass is 535 g/mol. The number of anilines is 1. The number of fused-ring (bicyclic) bond motifs is 2.